The molecule has 0 bridgehead atoms. The van der Waals surface area contributed by atoms with Crippen molar-refractivity contribution >= 4 is 5.78 Å². The van der Waals surface area contributed by atoms with Gasteiger partial charge in [-0.2, -0.15) is 0 Å². The quantitative estimate of drug-likeness (QED) is 0.303. The molecule has 0 spiro atoms. The highest BCUT2D eigenvalue weighted by Gasteiger charge is 2.32. The third-order valence-electron chi connectivity index (χ3n) is 4.76. The van der Waals surface area contributed by atoms with Crippen LogP contribution in [0.25, 0.3) is 16.8 Å². The molecule has 0 atom stereocenters. The highest BCUT2D eigenvalue weighted by Crippen LogP contribution is 2.34. The number of rotatable bonds is 5. The van der Waals surface area contributed by atoms with Gasteiger partial charge in [-0.15, -0.1) is 13.2 Å². The molecule has 3 heterocycles. The Morgan fingerprint density at radius 2 is 1.86 bits per heavy atom. The molecule has 0 N–H and O–H groups in total. The lowest BCUT2D eigenvalue weighted by Crippen LogP contribution is -2.17. The molecule has 0 fully saturated rings. The van der Waals surface area contributed by atoms with Crippen LogP contribution in [0, 0.1) is 0 Å². The van der Waals surface area contributed by atoms with E-state index in [9.17, 15) is 18.0 Å². The third-order valence-corrected chi connectivity index (χ3v) is 4.76. The number of nitrogens with zero attached hydrogens (tertiary/aromatic N) is 4. The van der Waals surface area contributed by atoms with Crippen molar-refractivity contribution in [2.24, 2.45) is 7.05 Å². The molecule has 0 radical (unpaired) electrons. The Labute approximate surface area is 198 Å². The number of imidazole rings is 2. The Hall–Kier alpha value is -4.60. The first-order valence-electron chi connectivity index (χ1n) is 10.3. The predicted molar refractivity (Wildman–Crippen MR) is 121 cm³/mol. The van der Waals surface area contributed by atoms with Gasteiger partial charge < -0.3 is 18.3 Å². The van der Waals surface area contributed by atoms with E-state index in [4.69, 9.17) is 4.42 Å². The average molecular weight is 480 g/mol. The van der Waals surface area contributed by atoms with Crippen LogP contribution in [0.2, 0.25) is 0 Å². The summed E-state index contributed by atoms with van der Waals surface area (Å²) >= 11 is 0. The number of alkyl halides is 3. The first-order valence-corrected chi connectivity index (χ1v) is 10.3. The van der Waals surface area contributed by atoms with Crippen molar-refractivity contribution in [2.45, 2.75) is 6.36 Å². The molecule has 0 amide bonds. The Morgan fingerprint density at radius 1 is 1.03 bits per heavy atom. The molecule has 0 aliphatic carbocycles. The van der Waals surface area contributed by atoms with E-state index >= 15 is 0 Å². The number of benzene rings is 2. The molecule has 0 saturated carbocycles. The van der Waals surface area contributed by atoms with Crippen LogP contribution in [0.4, 0.5) is 13.2 Å². The van der Waals surface area contributed by atoms with Crippen LogP contribution in [0.3, 0.4) is 0 Å². The summed E-state index contributed by atoms with van der Waals surface area (Å²) in [5.74, 6) is -0.493. The molecule has 5 aromatic rings. The van der Waals surface area contributed by atoms with E-state index in [-0.39, 0.29) is 23.0 Å². The van der Waals surface area contributed by atoms with E-state index < -0.39 is 6.36 Å². The average Bonchev–Trinajstić information content (AvgIpc) is 3.61. The lowest BCUT2D eigenvalue weighted by molar-refractivity contribution is -0.274. The summed E-state index contributed by atoms with van der Waals surface area (Å²) in [5, 5.41) is 0. The fraction of sp³-hybridized carbons (Fsp3) is 0.0800. The number of halogens is 3. The summed E-state index contributed by atoms with van der Waals surface area (Å²) in [5.41, 5.74) is 1.62. The maximum Gasteiger partial charge on any atom is 0.573 e. The molecule has 0 aliphatic heterocycles. The van der Waals surface area contributed by atoms with Crippen molar-refractivity contribution < 1.29 is 27.1 Å². The molecule has 5 rings (SSSR count). The van der Waals surface area contributed by atoms with Gasteiger partial charge in [0.15, 0.2) is 5.76 Å². The number of carbonyl (C=O) groups is 1. The second kappa shape index (κ2) is 10.1. The van der Waals surface area contributed by atoms with E-state index in [2.05, 4.69) is 14.7 Å². The van der Waals surface area contributed by atoms with Crippen LogP contribution in [-0.2, 0) is 7.05 Å². The zero-order chi connectivity index (χ0) is 24.8. The molecular formula is C25H19F3N4O3. The number of para-hydroxylation sites is 1. The molecule has 7 nitrogen and oxygen atoms in total. The van der Waals surface area contributed by atoms with Crippen molar-refractivity contribution in [3.05, 3.63) is 110 Å². The van der Waals surface area contributed by atoms with Gasteiger partial charge in [0.1, 0.15) is 17.8 Å². The van der Waals surface area contributed by atoms with Crippen LogP contribution in [0.5, 0.6) is 5.75 Å². The SMILES string of the molecule is Cn1ccnc1.O=C(c1cn(-c2cccc(-c3ccccc3OC(F)(F)F)c2)cn1)c1ccco1. The van der Waals surface area contributed by atoms with Crippen molar-refractivity contribution in [1.82, 2.24) is 19.1 Å². The van der Waals surface area contributed by atoms with Gasteiger partial charge in [-0.3, -0.25) is 4.79 Å². The number of ether oxygens (including phenoxy) is 1. The lowest BCUT2D eigenvalue weighted by Gasteiger charge is -2.14. The number of aromatic nitrogens is 4. The minimum atomic E-state index is -4.79. The first-order chi connectivity index (χ1) is 16.8. The van der Waals surface area contributed by atoms with Gasteiger partial charge in [-0.25, -0.2) is 9.97 Å². The Kier molecular flexibility index (Phi) is 6.81. The second-order valence-corrected chi connectivity index (χ2v) is 7.30. The molecule has 0 saturated heterocycles. The minimum Gasteiger partial charge on any atom is -0.461 e. The number of hydrogen-bond acceptors (Lipinski definition) is 5. The summed E-state index contributed by atoms with van der Waals surface area (Å²) in [7, 11) is 1.94. The van der Waals surface area contributed by atoms with Gasteiger partial charge in [0.05, 0.1) is 12.6 Å². The largest absolute Gasteiger partial charge is 0.573 e. The predicted octanol–water partition coefficient (Wildman–Crippen LogP) is 5.68. The summed E-state index contributed by atoms with van der Waals surface area (Å²) in [6.45, 7) is 0. The summed E-state index contributed by atoms with van der Waals surface area (Å²) < 4.78 is 50.8. The van der Waals surface area contributed by atoms with Gasteiger partial charge >= 0.3 is 6.36 Å². The van der Waals surface area contributed by atoms with E-state index in [1.165, 1.54) is 30.9 Å². The van der Waals surface area contributed by atoms with Crippen LogP contribution >= 0.6 is 0 Å². The van der Waals surface area contributed by atoms with Crippen LogP contribution in [0.1, 0.15) is 16.2 Å². The van der Waals surface area contributed by atoms with Crippen molar-refractivity contribution in [3.63, 3.8) is 0 Å². The molecule has 35 heavy (non-hydrogen) atoms. The fourth-order valence-corrected chi connectivity index (χ4v) is 3.19. The number of furan rings is 1. The third kappa shape index (κ3) is 6.05. The smallest absolute Gasteiger partial charge is 0.461 e. The molecule has 3 aromatic heterocycles. The molecule has 2 aromatic carbocycles. The standard InChI is InChI=1S/C21H13F3N2O3.C4H6N2/c22-21(23,24)29-18-8-2-1-7-16(18)14-5-3-6-15(11-14)26-12-17(25-13-26)20(27)19-9-4-10-28-19;1-6-3-2-5-4-6/h1-13H;2-4H,1H3. The number of carbonyl (C=O) groups excluding carboxylic acids is 1. The van der Waals surface area contributed by atoms with E-state index in [0.717, 1.165) is 0 Å². The zero-order valence-electron chi connectivity index (χ0n) is 18.4. The lowest BCUT2D eigenvalue weighted by atomic mass is 10.0. The van der Waals surface area contributed by atoms with E-state index in [1.54, 1.807) is 65.6 Å². The molecular weight excluding hydrogens is 461 g/mol. The summed E-state index contributed by atoms with van der Waals surface area (Å²) in [4.78, 5) is 20.2. The monoisotopic (exact) mass is 480 g/mol. The van der Waals surface area contributed by atoms with Crippen LogP contribution in [-0.4, -0.2) is 31.2 Å². The van der Waals surface area contributed by atoms with Crippen LogP contribution in [0.15, 0.2) is 103 Å². The van der Waals surface area contributed by atoms with Crippen molar-refractivity contribution in [3.8, 4) is 22.6 Å². The van der Waals surface area contributed by atoms with Crippen molar-refractivity contribution in [2.75, 3.05) is 0 Å². The zero-order valence-corrected chi connectivity index (χ0v) is 18.4. The number of hydrogen-bond donors (Lipinski definition) is 0. The Balaban J connectivity index is 0.000000421. The Bertz CT molecular complexity index is 1390. The van der Waals surface area contributed by atoms with E-state index in [0.29, 0.717) is 16.8 Å². The van der Waals surface area contributed by atoms with Gasteiger partial charge in [0.2, 0.25) is 5.78 Å². The van der Waals surface area contributed by atoms with E-state index in [1.807, 2.05) is 17.8 Å². The van der Waals surface area contributed by atoms with Gasteiger partial charge in [0, 0.05) is 36.9 Å². The van der Waals surface area contributed by atoms with Gasteiger partial charge in [-0.05, 0) is 35.9 Å². The maximum absolute atomic E-state index is 12.7. The number of aryl methyl sites for hydroxylation is 1. The van der Waals surface area contributed by atoms with Crippen LogP contribution < -0.4 is 4.74 Å². The summed E-state index contributed by atoms with van der Waals surface area (Å²) in [6, 6.07) is 15.8. The topological polar surface area (TPSA) is 75.1 Å². The molecule has 10 heteroatoms. The van der Waals surface area contributed by atoms with Gasteiger partial charge in [0.25, 0.3) is 0 Å². The number of ketones is 1. The Morgan fingerprint density at radius 3 is 2.51 bits per heavy atom. The summed E-state index contributed by atoms with van der Waals surface area (Å²) in [6.07, 6.45) is 4.98. The van der Waals surface area contributed by atoms with Crippen molar-refractivity contribution in [1.29, 1.82) is 0 Å². The first kappa shape index (κ1) is 23.6. The highest BCUT2D eigenvalue weighted by molar-refractivity contribution is 6.05. The normalized spacial score (nSPS) is 11.0. The molecule has 0 unspecified atom stereocenters. The van der Waals surface area contributed by atoms with Gasteiger partial charge in [-0.1, -0.05) is 30.3 Å². The fourth-order valence-electron chi connectivity index (χ4n) is 3.19. The maximum atomic E-state index is 12.7. The molecule has 178 valence electrons. The minimum absolute atomic E-state index is 0.169. The second-order valence-electron chi connectivity index (χ2n) is 7.30. The highest BCUT2D eigenvalue weighted by atomic mass is 19.4. The molecule has 0 aliphatic rings.